The highest BCUT2D eigenvalue weighted by Gasteiger charge is 2.61. The van der Waals surface area contributed by atoms with Crippen LogP contribution in [0.4, 0.5) is 0 Å². The van der Waals surface area contributed by atoms with Crippen LogP contribution in [0.1, 0.15) is 29.6 Å². The Kier molecular flexibility index (Phi) is 3.61. The number of ether oxygens (including phenoxy) is 1. The fourth-order valence-corrected chi connectivity index (χ4v) is 4.77. The number of hydrogen-bond acceptors (Lipinski definition) is 5. The summed E-state index contributed by atoms with van der Waals surface area (Å²) in [5.41, 5.74) is -1.12. The van der Waals surface area contributed by atoms with Gasteiger partial charge in [-0.15, -0.1) is 0 Å². The van der Waals surface area contributed by atoms with Crippen LogP contribution in [0.5, 0.6) is 0 Å². The van der Waals surface area contributed by atoms with Crippen LogP contribution in [-0.4, -0.2) is 53.1 Å². The Labute approximate surface area is 159 Å². The first-order chi connectivity index (χ1) is 13.0. The molecule has 8 heteroatoms. The number of carbonyl (C=O) groups excluding carboxylic acids is 2. The maximum absolute atomic E-state index is 13.2. The minimum absolute atomic E-state index is 0.00507. The molecule has 7 nitrogen and oxygen atoms in total. The first-order valence-electron chi connectivity index (χ1n) is 8.98. The second-order valence-corrected chi connectivity index (χ2v) is 7.63. The van der Waals surface area contributed by atoms with Gasteiger partial charge in [0.2, 0.25) is 5.91 Å². The minimum atomic E-state index is -0.745. The topological polar surface area (TPSA) is 80.1 Å². The largest absolute Gasteiger partial charge is 0.422 e. The Balaban J connectivity index is 1.53. The SMILES string of the molecule is O=C(c1cc2cc(Cl)ccc2oc1=O)N1CC[C@@]23OCCCN2C(=O)C[C@@H]13. The van der Waals surface area contributed by atoms with Crippen molar-refractivity contribution in [2.75, 3.05) is 19.7 Å². The van der Waals surface area contributed by atoms with Crippen LogP contribution < -0.4 is 5.63 Å². The molecule has 3 saturated heterocycles. The molecule has 140 valence electrons. The van der Waals surface area contributed by atoms with Crippen molar-refractivity contribution in [3.63, 3.8) is 0 Å². The first-order valence-corrected chi connectivity index (χ1v) is 9.36. The molecule has 0 bridgehead atoms. The number of hydrogen-bond donors (Lipinski definition) is 0. The maximum Gasteiger partial charge on any atom is 0.349 e. The van der Waals surface area contributed by atoms with Gasteiger partial charge in [-0.2, -0.15) is 0 Å². The van der Waals surface area contributed by atoms with E-state index < -0.39 is 17.3 Å². The summed E-state index contributed by atoms with van der Waals surface area (Å²) in [7, 11) is 0. The van der Waals surface area contributed by atoms with Crippen molar-refractivity contribution in [1.82, 2.24) is 9.80 Å². The van der Waals surface area contributed by atoms with Crippen LogP contribution in [-0.2, 0) is 9.53 Å². The molecule has 0 saturated carbocycles. The lowest BCUT2D eigenvalue weighted by Gasteiger charge is -2.42. The lowest BCUT2D eigenvalue weighted by molar-refractivity contribution is -0.179. The summed E-state index contributed by atoms with van der Waals surface area (Å²) < 4.78 is 11.3. The molecule has 27 heavy (non-hydrogen) atoms. The van der Waals surface area contributed by atoms with Crippen molar-refractivity contribution in [2.24, 2.45) is 0 Å². The molecule has 2 amide bonds. The second-order valence-electron chi connectivity index (χ2n) is 7.19. The van der Waals surface area contributed by atoms with Gasteiger partial charge in [-0.25, -0.2) is 4.79 Å². The lowest BCUT2D eigenvalue weighted by atomic mass is 10.0. The predicted octanol–water partition coefficient (Wildman–Crippen LogP) is 2.01. The quantitative estimate of drug-likeness (QED) is 0.698. The first kappa shape index (κ1) is 16.8. The van der Waals surface area contributed by atoms with Crippen LogP contribution in [0.2, 0.25) is 5.02 Å². The summed E-state index contributed by atoms with van der Waals surface area (Å²) in [6.07, 6.45) is 1.57. The number of carbonyl (C=O) groups is 2. The monoisotopic (exact) mass is 388 g/mol. The van der Waals surface area contributed by atoms with E-state index in [1.165, 1.54) is 6.07 Å². The van der Waals surface area contributed by atoms with Crippen molar-refractivity contribution in [3.8, 4) is 0 Å². The molecule has 1 aromatic carbocycles. The number of fused-ring (bicyclic) bond motifs is 1. The smallest absolute Gasteiger partial charge is 0.349 e. The average Bonchev–Trinajstić information content (AvgIpc) is 3.13. The minimum Gasteiger partial charge on any atom is -0.422 e. The average molecular weight is 389 g/mol. The van der Waals surface area contributed by atoms with Gasteiger partial charge in [0.15, 0.2) is 5.72 Å². The Hall–Kier alpha value is -2.38. The molecule has 0 unspecified atom stereocenters. The third-order valence-electron chi connectivity index (χ3n) is 5.80. The number of rotatable bonds is 1. The van der Waals surface area contributed by atoms with Gasteiger partial charge in [-0.1, -0.05) is 11.6 Å². The van der Waals surface area contributed by atoms with Gasteiger partial charge in [-0.3, -0.25) is 9.59 Å². The molecule has 1 aromatic heterocycles. The third kappa shape index (κ3) is 2.34. The second kappa shape index (κ2) is 5.81. The summed E-state index contributed by atoms with van der Waals surface area (Å²) in [5, 5.41) is 1.07. The summed E-state index contributed by atoms with van der Waals surface area (Å²) >= 11 is 6.01. The van der Waals surface area contributed by atoms with Crippen molar-refractivity contribution >= 4 is 34.4 Å². The van der Waals surface area contributed by atoms with Crippen LogP contribution in [0.15, 0.2) is 33.5 Å². The number of halogens is 1. The van der Waals surface area contributed by atoms with E-state index in [4.69, 9.17) is 20.8 Å². The van der Waals surface area contributed by atoms with Crippen molar-refractivity contribution in [2.45, 2.75) is 31.0 Å². The number of nitrogens with zero attached hydrogens (tertiary/aromatic N) is 2. The molecule has 3 fully saturated rings. The van der Waals surface area contributed by atoms with Crippen LogP contribution in [0.25, 0.3) is 11.0 Å². The van der Waals surface area contributed by atoms with Crippen molar-refractivity contribution in [1.29, 1.82) is 0 Å². The molecule has 0 radical (unpaired) electrons. The zero-order valence-corrected chi connectivity index (χ0v) is 15.2. The van der Waals surface area contributed by atoms with Gasteiger partial charge in [-0.05, 0) is 30.7 Å². The zero-order valence-electron chi connectivity index (χ0n) is 14.4. The van der Waals surface area contributed by atoms with E-state index >= 15 is 0 Å². The molecule has 2 atom stereocenters. The molecule has 2 aromatic rings. The summed E-state index contributed by atoms with van der Waals surface area (Å²) in [4.78, 5) is 41.3. The predicted molar refractivity (Wildman–Crippen MR) is 96.6 cm³/mol. The van der Waals surface area contributed by atoms with Gasteiger partial charge < -0.3 is 19.0 Å². The normalized spacial score (nSPS) is 27.1. The van der Waals surface area contributed by atoms with Crippen molar-refractivity contribution in [3.05, 3.63) is 45.3 Å². The van der Waals surface area contributed by atoms with Gasteiger partial charge in [0.1, 0.15) is 11.1 Å². The number of amides is 2. The van der Waals surface area contributed by atoms with Gasteiger partial charge >= 0.3 is 5.63 Å². The van der Waals surface area contributed by atoms with Gasteiger partial charge in [0, 0.05) is 29.9 Å². The number of likely N-dealkylation sites (tertiary alicyclic amines) is 1. The summed E-state index contributed by atoms with van der Waals surface area (Å²) in [5.74, 6) is -0.439. The zero-order chi connectivity index (χ0) is 18.8. The van der Waals surface area contributed by atoms with Crippen LogP contribution in [0, 0.1) is 0 Å². The highest BCUT2D eigenvalue weighted by molar-refractivity contribution is 6.31. The van der Waals surface area contributed by atoms with Crippen LogP contribution >= 0.6 is 11.6 Å². The van der Waals surface area contributed by atoms with E-state index in [0.717, 1.165) is 6.42 Å². The molecule has 5 rings (SSSR count). The van der Waals surface area contributed by atoms with Crippen molar-refractivity contribution < 1.29 is 18.7 Å². The molecule has 3 aliphatic heterocycles. The van der Waals surface area contributed by atoms with E-state index in [1.54, 1.807) is 28.0 Å². The molecule has 4 heterocycles. The van der Waals surface area contributed by atoms with E-state index in [1.807, 2.05) is 0 Å². The molecular formula is C19H17ClN2O5. The number of benzene rings is 1. The highest BCUT2D eigenvalue weighted by Crippen LogP contribution is 2.45. The Morgan fingerprint density at radius 1 is 1.22 bits per heavy atom. The Morgan fingerprint density at radius 2 is 2.07 bits per heavy atom. The third-order valence-corrected chi connectivity index (χ3v) is 6.03. The lowest BCUT2D eigenvalue weighted by Crippen LogP contribution is -2.56. The highest BCUT2D eigenvalue weighted by atomic mass is 35.5. The van der Waals surface area contributed by atoms with Crippen LogP contribution in [0.3, 0.4) is 0 Å². The maximum atomic E-state index is 13.2. The van der Waals surface area contributed by atoms with E-state index in [9.17, 15) is 14.4 Å². The Morgan fingerprint density at radius 3 is 2.93 bits per heavy atom. The molecule has 1 spiro atoms. The standard InChI is InChI=1S/C19H17ClN2O5/c20-12-2-3-14-11(8-12)9-13(18(25)27-14)17(24)21-6-4-19-15(21)10-16(23)22(19)5-1-7-26-19/h2-3,8-9,15H,1,4-7,10H2/t15-,19+/m1/s1. The molecule has 0 N–H and O–H groups in total. The fourth-order valence-electron chi connectivity index (χ4n) is 4.59. The van der Waals surface area contributed by atoms with E-state index in [0.29, 0.717) is 42.1 Å². The Bertz CT molecular complexity index is 1030. The summed E-state index contributed by atoms with van der Waals surface area (Å²) in [6, 6.07) is 6.00. The molecule has 3 aliphatic rings. The van der Waals surface area contributed by atoms with Gasteiger partial charge in [0.05, 0.1) is 19.1 Å². The van der Waals surface area contributed by atoms with E-state index in [2.05, 4.69) is 0 Å². The van der Waals surface area contributed by atoms with Gasteiger partial charge in [0.25, 0.3) is 5.91 Å². The summed E-state index contributed by atoms with van der Waals surface area (Å²) in [6.45, 7) is 1.65. The molecule has 0 aliphatic carbocycles. The fraction of sp³-hybridized carbons (Fsp3) is 0.421. The molecular weight excluding hydrogens is 372 g/mol. The van der Waals surface area contributed by atoms with E-state index in [-0.39, 0.29) is 23.9 Å².